The Morgan fingerprint density at radius 1 is 1.22 bits per heavy atom. The summed E-state index contributed by atoms with van der Waals surface area (Å²) < 4.78 is 10.7. The summed E-state index contributed by atoms with van der Waals surface area (Å²) in [5, 5.41) is 11.8. The molecule has 2 atom stereocenters. The molecule has 1 amide bonds. The van der Waals surface area contributed by atoms with Crippen LogP contribution < -0.4 is 5.32 Å². The molecule has 3 rings (SSSR count). The van der Waals surface area contributed by atoms with Crippen molar-refractivity contribution in [3.63, 3.8) is 0 Å². The molecule has 0 bridgehead atoms. The number of nitrogens with one attached hydrogen (secondary N) is 1. The molecule has 2 unspecified atom stereocenters. The van der Waals surface area contributed by atoms with E-state index in [1.54, 1.807) is 25.1 Å². The van der Waals surface area contributed by atoms with Gasteiger partial charge in [0.05, 0.1) is 0 Å². The fourth-order valence-corrected chi connectivity index (χ4v) is 2.71. The second-order valence-corrected chi connectivity index (χ2v) is 6.26. The van der Waals surface area contributed by atoms with Crippen molar-refractivity contribution in [1.29, 1.82) is 0 Å². The van der Waals surface area contributed by atoms with Crippen molar-refractivity contribution in [2.24, 2.45) is 4.99 Å². The summed E-state index contributed by atoms with van der Waals surface area (Å²) in [4.78, 5) is 27.3. The number of aliphatic carboxylic acids is 1. The minimum Gasteiger partial charge on any atom is -0.480 e. The van der Waals surface area contributed by atoms with Gasteiger partial charge in [-0.2, -0.15) is 0 Å². The maximum absolute atomic E-state index is 12.0. The largest absolute Gasteiger partial charge is 0.480 e. The van der Waals surface area contributed by atoms with Gasteiger partial charge in [0.25, 0.3) is 0 Å². The maximum Gasteiger partial charge on any atom is 0.411 e. The first-order chi connectivity index (χ1) is 12.9. The number of carbonyl (C=O) groups is 2. The molecule has 140 valence electrons. The number of hydrogen-bond acceptors (Lipinski definition) is 5. The third-order valence-electron chi connectivity index (χ3n) is 4.17. The van der Waals surface area contributed by atoms with Crippen molar-refractivity contribution in [1.82, 2.24) is 0 Å². The van der Waals surface area contributed by atoms with Crippen LogP contribution in [0.2, 0.25) is 0 Å². The van der Waals surface area contributed by atoms with Gasteiger partial charge in [-0.3, -0.25) is 5.32 Å². The zero-order valence-corrected chi connectivity index (χ0v) is 15.0. The molecular formula is C20H20N2O5. The van der Waals surface area contributed by atoms with Crippen LogP contribution in [0.15, 0.2) is 53.5 Å². The van der Waals surface area contributed by atoms with Crippen LogP contribution in [0.3, 0.4) is 0 Å². The Hall–Kier alpha value is -3.35. The Bertz CT molecular complexity index is 879. The highest BCUT2D eigenvalue weighted by Gasteiger charge is 2.33. The molecule has 2 aromatic rings. The zero-order valence-electron chi connectivity index (χ0n) is 15.0. The molecule has 1 heterocycles. The summed E-state index contributed by atoms with van der Waals surface area (Å²) in [6.07, 6.45) is -1.08. The van der Waals surface area contributed by atoms with Crippen LogP contribution in [0.25, 0.3) is 0 Å². The van der Waals surface area contributed by atoms with E-state index in [1.165, 1.54) is 0 Å². The van der Waals surface area contributed by atoms with Gasteiger partial charge in [0, 0.05) is 11.3 Å². The Balaban J connectivity index is 1.64. The van der Waals surface area contributed by atoms with Gasteiger partial charge < -0.3 is 14.6 Å². The highest BCUT2D eigenvalue weighted by Crippen LogP contribution is 2.22. The fourth-order valence-electron chi connectivity index (χ4n) is 2.71. The number of amides is 1. The Labute approximate surface area is 156 Å². The van der Waals surface area contributed by atoms with Gasteiger partial charge in [-0.15, -0.1) is 0 Å². The number of carbonyl (C=O) groups excluding carboxylic acids is 1. The number of aliphatic imine (C=N–C) groups is 1. The molecule has 0 saturated carbocycles. The maximum atomic E-state index is 12.0. The quantitative estimate of drug-likeness (QED) is 0.843. The highest BCUT2D eigenvalue weighted by atomic mass is 16.5. The summed E-state index contributed by atoms with van der Waals surface area (Å²) >= 11 is 0. The van der Waals surface area contributed by atoms with Crippen molar-refractivity contribution in [3.05, 3.63) is 65.2 Å². The third kappa shape index (κ3) is 4.44. The Kier molecular flexibility index (Phi) is 5.40. The molecule has 0 spiro atoms. The van der Waals surface area contributed by atoms with E-state index in [2.05, 4.69) is 10.3 Å². The van der Waals surface area contributed by atoms with Gasteiger partial charge in [0.2, 0.25) is 5.90 Å². The summed E-state index contributed by atoms with van der Waals surface area (Å²) in [6.45, 7) is 3.67. The minimum atomic E-state index is -1.02. The summed E-state index contributed by atoms with van der Waals surface area (Å²) in [6, 6.07) is 13.7. The Morgan fingerprint density at radius 3 is 2.59 bits per heavy atom. The molecule has 0 fully saturated rings. The van der Waals surface area contributed by atoms with E-state index in [9.17, 15) is 9.59 Å². The van der Waals surface area contributed by atoms with Crippen molar-refractivity contribution < 1.29 is 24.2 Å². The van der Waals surface area contributed by atoms with Crippen LogP contribution in [-0.4, -0.2) is 35.2 Å². The molecule has 0 radical (unpaired) electrons. The second kappa shape index (κ2) is 7.90. The number of nitrogens with zero attached hydrogens (tertiary/aromatic N) is 1. The lowest BCUT2D eigenvalue weighted by Gasteiger charge is -2.12. The molecule has 1 aliphatic rings. The number of ether oxygens (including phenoxy) is 2. The van der Waals surface area contributed by atoms with E-state index >= 15 is 0 Å². The lowest BCUT2D eigenvalue weighted by atomic mass is 10.1. The predicted octanol–water partition coefficient (Wildman–Crippen LogP) is 3.36. The van der Waals surface area contributed by atoms with Crippen LogP contribution in [0.4, 0.5) is 10.5 Å². The van der Waals surface area contributed by atoms with E-state index in [4.69, 9.17) is 14.6 Å². The number of carboxylic acid groups (broad SMARTS) is 1. The summed E-state index contributed by atoms with van der Waals surface area (Å²) in [5.74, 6) is -0.732. The predicted molar refractivity (Wildman–Crippen MR) is 99.9 cm³/mol. The molecule has 7 nitrogen and oxygen atoms in total. The van der Waals surface area contributed by atoms with Gasteiger partial charge in [0.15, 0.2) is 6.04 Å². The van der Waals surface area contributed by atoms with E-state index in [-0.39, 0.29) is 12.5 Å². The van der Waals surface area contributed by atoms with Crippen LogP contribution in [-0.2, 0) is 20.9 Å². The highest BCUT2D eigenvalue weighted by molar-refractivity contribution is 5.98. The second-order valence-electron chi connectivity index (χ2n) is 6.26. The van der Waals surface area contributed by atoms with Gasteiger partial charge in [-0.05, 0) is 43.2 Å². The standard InChI is InChI=1S/C20H20N2O5/c1-12-10-15(18-22-17(19(23)24)13(2)27-18)8-9-16(12)21-20(25)26-11-14-6-4-3-5-7-14/h3-10,13,17H,11H2,1-2H3,(H,21,25)(H,23,24). The SMILES string of the molecule is Cc1cc(C2=NC(C(=O)O)C(C)O2)ccc1NC(=O)OCc1ccccc1. The minimum absolute atomic E-state index is 0.183. The fraction of sp³-hybridized carbons (Fsp3) is 0.250. The number of rotatable bonds is 5. The molecule has 0 aliphatic carbocycles. The van der Waals surface area contributed by atoms with E-state index in [0.29, 0.717) is 11.3 Å². The van der Waals surface area contributed by atoms with E-state index in [0.717, 1.165) is 11.1 Å². The van der Waals surface area contributed by atoms with Crippen LogP contribution >= 0.6 is 0 Å². The Morgan fingerprint density at radius 2 is 1.96 bits per heavy atom. The van der Waals surface area contributed by atoms with Gasteiger partial charge >= 0.3 is 12.1 Å². The first-order valence-electron chi connectivity index (χ1n) is 8.50. The molecule has 7 heteroatoms. The van der Waals surface area contributed by atoms with Crippen LogP contribution in [0.1, 0.15) is 23.6 Å². The van der Waals surface area contributed by atoms with Gasteiger partial charge in [-0.1, -0.05) is 30.3 Å². The van der Waals surface area contributed by atoms with Crippen LogP contribution in [0.5, 0.6) is 0 Å². The van der Waals surface area contributed by atoms with Crippen molar-refractivity contribution in [2.45, 2.75) is 32.6 Å². The average molecular weight is 368 g/mol. The zero-order chi connectivity index (χ0) is 19.4. The van der Waals surface area contributed by atoms with Crippen molar-refractivity contribution in [3.8, 4) is 0 Å². The molecule has 0 aromatic heterocycles. The molecule has 0 saturated heterocycles. The number of aryl methyl sites for hydroxylation is 1. The lowest BCUT2D eigenvalue weighted by Crippen LogP contribution is -2.27. The third-order valence-corrected chi connectivity index (χ3v) is 4.17. The molecule has 1 aliphatic heterocycles. The van der Waals surface area contributed by atoms with Gasteiger partial charge in [0.1, 0.15) is 12.7 Å². The topological polar surface area (TPSA) is 97.2 Å². The van der Waals surface area contributed by atoms with Crippen LogP contribution in [0, 0.1) is 6.92 Å². The smallest absolute Gasteiger partial charge is 0.411 e. The van der Waals surface area contributed by atoms with Gasteiger partial charge in [-0.25, -0.2) is 14.6 Å². The van der Waals surface area contributed by atoms with E-state index in [1.807, 2.05) is 37.3 Å². The normalized spacial score (nSPS) is 18.4. The molecule has 2 aromatic carbocycles. The monoisotopic (exact) mass is 368 g/mol. The molecular weight excluding hydrogens is 348 g/mol. The van der Waals surface area contributed by atoms with E-state index < -0.39 is 24.2 Å². The number of anilines is 1. The number of carboxylic acids is 1. The summed E-state index contributed by atoms with van der Waals surface area (Å²) in [5.41, 5.74) is 2.93. The first-order valence-corrected chi connectivity index (χ1v) is 8.50. The first kappa shape index (κ1) is 18.4. The number of hydrogen-bond donors (Lipinski definition) is 2. The van der Waals surface area contributed by atoms with Crippen molar-refractivity contribution >= 4 is 23.6 Å². The summed E-state index contributed by atoms with van der Waals surface area (Å²) in [7, 11) is 0. The molecule has 2 N–H and O–H groups in total. The number of benzene rings is 2. The average Bonchev–Trinajstić information content (AvgIpc) is 3.04. The molecule has 27 heavy (non-hydrogen) atoms. The van der Waals surface area contributed by atoms with Crippen molar-refractivity contribution in [2.75, 3.05) is 5.32 Å². The lowest BCUT2D eigenvalue weighted by molar-refractivity contribution is -0.139.